The van der Waals surface area contributed by atoms with E-state index in [1.807, 2.05) is 0 Å². The van der Waals surface area contributed by atoms with E-state index in [4.69, 9.17) is 0 Å². The molecule has 0 fully saturated rings. The van der Waals surface area contributed by atoms with Gasteiger partial charge in [0.15, 0.2) is 0 Å². The lowest BCUT2D eigenvalue weighted by Gasteiger charge is -2.26. The van der Waals surface area contributed by atoms with Crippen LogP contribution in [0.1, 0.15) is 0 Å². The Morgan fingerprint density at radius 3 is 0.942 bits per heavy atom. The fourth-order valence-electron chi connectivity index (χ4n) is 10.4. The summed E-state index contributed by atoms with van der Waals surface area (Å²) >= 11 is 0. The smallest absolute Gasteiger partial charge is 0.0541 e. The normalized spacial score (nSPS) is 11.5. The molecule has 0 aliphatic carbocycles. The molecule has 2 aromatic heterocycles. The first-order chi connectivity index (χ1) is 34.2. The Kier molecular flexibility index (Phi) is 9.84. The van der Waals surface area contributed by atoms with Gasteiger partial charge in [0, 0.05) is 50.0 Å². The van der Waals surface area contributed by atoms with E-state index in [1.165, 1.54) is 88.1 Å². The Bertz CT molecular complexity index is 3890. The van der Waals surface area contributed by atoms with Crippen LogP contribution in [-0.2, 0) is 0 Å². The highest BCUT2D eigenvalue weighted by molar-refractivity contribution is 6.11. The van der Waals surface area contributed by atoms with Gasteiger partial charge in [0.2, 0.25) is 0 Å². The first-order valence-corrected chi connectivity index (χ1v) is 23.7. The third-order valence-corrected chi connectivity index (χ3v) is 13.8. The Labute approximate surface area is 401 Å². The van der Waals surface area contributed by atoms with E-state index in [2.05, 4.69) is 287 Å². The first-order valence-electron chi connectivity index (χ1n) is 23.7. The zero-order valence-corrected chi connectivity index (χ0v) is 37.8. The minimum absolute atomic E-state index is 1.09. The topological polar surface area (TPSA) is 13.1 Å². The van der Waals surface area contributed by atoms with Crippen LogP contribution in [0.25, 0.3) is 99.5 Å². The summed E-state index contributed by atoms with van der Waals surface area (Å²) in [6, 6.07) is 99.0. The van der Waals surface area contributed by atoms with Gasteiger partial charge in [0.25, 0.3) is 0 Å². The van der Waals surface area contributed by atoms with Gasteiger partial charge in [-0.3, -0.25) is 0 Å². The van der Waals surface area contributed by atoms with Crippen LogP contribution in [0.5, 0.6) is 0 Å². The Morgan fingerprint density at radius 2 is 0.493 bits per heavy atom. The fraction of sp³-hybridized carbons (Fsp3) is 0. The first kappa shape index (κ1) is 40.1. The second-order valence-corrected chi connectivity index (χ2v) is 17.8. The number of benzene rings is 11. The average Bonchev–Trinajstić information content (AvgIpc) is 3.95. The van der Waals surface area contributed by atoms with Crippen LogP contribution in [0.3, 0.4) is 0 Å². The van der Waals surface area contributed by atoms with Crippen LogP contribution < -0.4 is 4.90 Å². The maximum absolute atomic E-state index is 2.37. The maximum atomic E-state index is 2.37. The van der Waals surface area contributed by atoms with Crippen LogP contribution in [0.2, 0.25) is 0 Å². The minimum atomic E-state index is 1.09. The molecule has 0 atom stereocenters. The molecule has 2 heterocycles. The monoisotopic (exact) mass is 879 g/mol. The highest BCUT2D eigenvalue weighted by atomic mass is 15.1. The minimum Gasteiger partial charge on any atom is -0.311 e. The number of fused-ring (bicyclic) bond motifs is 6. The molecular weight excluding hydrogens is 835 g/mol. The average molecular weight is 880 g/mol. The lowest BCUT2D eigenvalue weighted by molar-refractivity contribution is 1.18. The van der Waals surface area contributed by atoms with Crippen molar-refractivity contribution in [1.82, 2.24) is 9.13 Å². The molecule has 13 rings (SSSR count). The van der Waals surface area contributed by atoms with E-state index in [9.17, 15) is 0 Å². The zero-order valence-electron chi connectivity index (χ0n) is 37.8. The molecular formula is C66H45N3. The summed E-state index contributed by atoms with van der Waals surface area (Å²) in [5.74, 6) is 0. The molecule has 3 nitrogen and oxygen atoms in total. The van der Waals surface area contributed by atoms with Crippen molar-refractivity contribution < 1.29 is 0 Å². The second kappa shape index (κ2) is 16.9. The fourth-order valence-corrected chi connectivity index (χ4v) is 10.4. The molecule has 11 aromatic carbocycles. The second-order valence-electron chi connectivity index (χ2n) is 17.8. The van der Waals surface area contributed by atoms with Crippen molar-refractivity contribution in [2.75, 3.05) is 4.90 Å². The molecule has 0 aliphatic rings. The molecule has 13 aromatic rings. The number of hydrogen-bond acceptors (Lipinski definition) is 1. The van der Waals surface area contributed by atoms with Crippen molar-refractivity contribution in [3.8, 4) is 55.9 Å². The molecule has 0 saturated carbocycles. The van der Waals surface area contributed by atoms with Gasteiger partial charge in [-0.1, -0.05) is 182 Å². The van der Waals surface area contributed by atoms with Gasteiger partial charge in [0.1, 0.15) is 0 Å². The standard InChI is InChI=1S/C66H45N3/c1-3-13-46(14-4-1)47-23-25-48(26-24-47)49-27-36-55(37-28-49)67(56-38-29-50(30-39-56)51-31-42-58(43-32-51)69-63-20-10-7-17-59(63)60-18-8-11-21-64(60)69)57-40-33-52(34-41-57)53-35-44-66-62(45-53)61-19-9-12-22-65(61)68(66)54-15-5-2-6-16-54/h1-45H. The molecule has 0 N–H and O–H groups in total. The van der Waals surface area contributed by atoms with Gasteiger partial charge in [-0.25, -0.2) is 0 Å². The third-order valence-electron chi connectivity index (χ3n) is 13.8. The number of aromatic nitrogens is 2. The molecule has 0 unspecified atom stereocenters. The molecule has 69 heavy (non-hydrogen) atoms. The quantitative estimate of drug-likeness (QED) is 0.141. The van der Waals surface area contributed by atoms with E-state index in [0.29, 0.717) is 0 Å². The third kappa shape index (κ3) is 7.16. The Morgan fingerprint density at radius 1 is 0.203 bits per heavy atom. The predicted octanol–water partition coefficient (Wildman–Crippen LogP) is 18.0. The summed E-state index contributed by atoms with van der Waals surface area (Å²) < 4.78 is 4.74. The van der Waals surface area contributed by atoms with Gasteiger partial charge in [-0.2, -0.15) is 0 Å². The number of hydrogen-bond donors (Lipinski definition) is 0. The van der Waals surface area contributed by atoms with Crippen molar-refractivity contribution in [3.05, 3.63) is 273 Å². The summed E-state index contributed by atoms with van der Waals surface area (Å²) in [4.78, 5) is 2.36. The van der Waals surface area contributed by atoms with Crippen molar-refractivity contribution in [2.24, 2.45) is 0 Å². The molecule has 324 valence electrons. The van der Waals surface area contributed by atoms with Crippen LogP contribution in [0, 0.1) is 0 Å². The zero-order chi connectivity index (χ0) is 45.7. The highest BCUT2D eigenvalue weighted by Crippen LogP contribution is 2.40. The largest absolute Gasteiger partial charge is 0.311 e. The van der Waals surface area contributed by atoms with Crippen molar-refractivity contribution in [2.45, 2.75) is 0 Å². The van der Waals surface area contributed by atoms with Gasteiger partial charge in [0.05, 0.1) is 22.1 Å². The number of nitrogens with zero attached hydrogens (tertiary/aromatic N) is 3. The van der Waals surface area contributed by atoms with Crippen molar-refractivity contribution in [1.29, 1.82) is 0 Å². The number of rotatable bonds is 9. The van der Waals surface area contributed by atoms with Gasteiger partial charge in [-0.05, 0) is 136 Å². The Hall–Kier alpha value is -9.18. The maximum Gasteiger partial charge on any atom is 0.0541 e. The molecule has 0 amide bonds. The van der Waals surface area contributed by atoms with Crippen LogP contribution in [-0.4, -0.2) is 9.13 Å². The molecule has 3 heteroatoms. The van der Waals surface area contributed by atoms with E-state index in [0.717, 1.165) is 28.4 Å². The summed E-state index contributed by atoms with van der Waals surface area (Å²) in [5.41, 5.74) is 19.9. The number of para-hydroxylation sites is 4. The van der Waals surface area contributed by atoms with E-state index >= 15 is 0 Å². The van der Waals surface area contributed by atoms with Crippen molar-refractivity contribution in [3.63, 3.8) is 0 Å². The van der Waals surface area contributed by atoms with Crippen molar-refractivity contribution >= 4 is 60.7 Å². The molecule has 0 bridgehead atoms. The predicted molar refractivity (Wildman–Crippen MR) is 292 cm³/mol. The summed E-state index contributed by atoms with van der Waals surface area (Å²) in [6.45, 7) is 0. The van der Waals surface area contributed by atoms with E-state index in [1.54, 1.807) is 0 Å². The summed E-state index contributed by atoms with van der Waals surface area (Å²) in [5, 5.41) is 5.03. The molecule has 0 aliphatic heterocycles. The lowest BCUT2D eigenvalue weighted by Crippen LogP contribution is -2.09. The van der Waals surface area contributed by atoms with Crippen LogP contribution >= 0.6 is 0 Å². The van der Waals surface area contributed by atoms with Crippen LogP contribution in [0.4, 0.5) is 17.1 Å². The van der Waals surface area contributed by atoms with Crippen LogP contribution in [0.15, 0.2) is 273 Å². The van der Waals surface area contributed by atoms with Gasteiger partial charge in [-0.15, -0.1) is 0 Å². The molecule has 0 spiro atoms. The highest BCUT2D eigenvalue weighted by Gasteiger charge is 2.17. The van der Waals surface area contributed by atoms with E-state index in [-0.39, 0.29) is 0 Å². The lowest BCUT2D eigenvalue weighted by atomic mass is 9.99. The number of anilines is 3. The summed E-state index contributed by atoms with van der Waals surface area (Å²) in [7, 11) is 0. The van der Waals surface area contributed by atoms with Gasteiger partial charge < -0.3 is 14.0 Å². The SMILES string of the molecule is c1ccc(-c2ccc(-c3ccc(N(c4ccc(-c5ccc(-n6c7ccccc7c7ccccc76)cc5)cc4)c4ccc(-c5ccc6c(c5)c5ccccc5n6-c5ccccc5)cc4)cc3)cc2)cc1. The summed E-state index contributed by atoms with van der Waals surface area (Å²) in [6.07, 6.45) is 0. The Balaban J connectivity index is 0.843. The molecule has 0 saturated heterocycles. The molecule has 0 radical (unpaired) electrons. The van der Waals surface area contributed by atoms with Gasteiger partial charge >= 0.3 is 0 Å². The van der Waals surface area contributed by atoms with E-state index < -0.39 is 0 Å².